The second-order valence-corrected chi connectivity index (χ2v) is 3.72. The minimum Gasteiger partial charge on any atom is -0.385 e. The van der Waals surface area contributed by atoms with E-state index < -0.39 is 5.60 Å². The molecule has 1 nitrogen and oxygen atoms in total. The lowest BCUT2D eigenvalue weighted by atomic mass is 9.86. The predicted octanol–water partition coefficient (Wildman–Crippen LogP) is 3.42. The van der Waals surface area contributed by atoms with Crippen LogP contribution in [0.2, 0.25) is 0 Å². The molecule has 0 aliphatic rings. The van der Waals surface area contributed by atoms with Gasteiger partial charge in [0, 0.05) is 0 Å². The van der Waals surface area contributed by atoms with Gasteiger partial charge in [-0.2, -0.15) is 0 Å². The number of aliphatic hydroxyl groups is 1. The minimum atomic E-state index is -0.794. The molecular formula is C14H18O. The fourth-order valence-corrected chi connectivity index (χ4v) is 1.69. The molecule has 80 valence electrons. The average Bonchev–Trinajstić information content (AvgIpc) is 2.28. The maximum Gasteiger partial charge on any atom is 0.0933 e. The van der Waals surface area contributed by atoms with Crippen LogP contribution in [0, 0.1) is 0 Å². The van der Waals surface area contributed by atoms with E-state index in [9.17, 15) is 5.11 Å². The summed E-state index contributed by atoms with van der Waals surface area (Å²) in [4.78, 5) is 0. The van der Waals surface area contributed by atoms with Crippen molar-refractivity contribution in [2.75, 3.05) is 0 Å². The molecule has 1 atom stereocenters. The molecule has 1 aromatic rings. The Morgan fingerprint density at radius 3 is 2.33 bits per heavy atom. The van der Waals surface area contributed by atoms with Crippen molar-refractivity contribution >= 4 is 0 Å². The van der Waals surface area contributed by atoms with E-state index in [1.165, 1.54) is 0 Å². The van der Waals surface area contributed by atoms with Gasteiger partial charge in [0.25, 0.3) is 0 Å². The van der Waals surface area contributed by atoms with Crippen LogP contribution in [0.5, 0.6) is 0 Å². The molecule has 15 heavy (non-hydrogen) atoms. The van der Waals surface area contributed by atoms with Gasteiger partial charge in [-0.05, 0) is 24.8 Å². The first-order valence-corrected chi connectivity index (χ1v) is 5.22. The number of benzene rings is 1. The van der Waals surface area contributed by atoms with Crippen LogP contribution in [0.4, 0.5) is 0 Å². The monoisotopic (exact) mass is 202 g/mol. The molecular weight excluding hydrogens is 184 g/mol. The topological polar surface area (TPSA) is 20.2 Å². The van der Waals surface area contributed by atoms with E-state index in [0.29, 0.717) is 12.8 Å². The van der Waals surface area contributed by atoms with Crippen LogP contribution >= 0.6 is 0 Å². The molecule has 0 saturated carbocycles. The Hall–Kier alpha value is -1.34. The van der Waals surface area contributed by atoms with E-state index in [0.717, 1.165) is 12.0 Å². The molecule has 0 amide bonds. The average molecular weight is 202 g/mol. The Bertz CT molecular complexity index is 315. The smallest absolute Gasteiger partial charge is 0.0933 e. The maximum atomic E-state index is 10.5. The van der Waals surface area contributed by atoms with Gasteiger partial charge in [-0.25, -0.2) is 0 Å². The highest BCUT2D eigenvalue weighted by Crippen LogP contribution is 2.30. The zero-order chi connectivity index (χ0) is 11.1. The third-order valence-electron chi connectivity index (χ3n) is 2.56. The number of allylic oxidation sites excluding steroid dienone is 1. The van der Waals surface area contributed by atoms with E-state index in [4.69, 9.17) is 0 Å². The third kappa shape index (κ3) is 3.07. The standard InChI is InChI=1S/C14H18O/c1-3-5-12-14(15,11-4-2)13-9-7-6-8-10-13/h3-4,6-10,15H,1-2,5,11-12H2. The molecule has 0 spiro atoms. The maximum absolute atomic E-state index is 10.5. The van der Waals surface area contributed by atoms with Gasteiger partial charge < -0.3 is 5.11 Å². The first kappa shape index (κ1) is 11.7. The van der Waals surface area contributed by atoms with E-state index in [1.54, 1.807) is 6.08 Å². The zero-order valence-electron chi connectivity index (χ0n) is 9.02. The van der Waals surface area contributed by atoms with E-state index >= 15 is 0 Å². The van der Waals surface area contributed by atoms with Crippen LogP contribution in [0.1, 0.15) is 24.8 Å². The summed E-state index contributed by atoms with van der Waals surface area (Å²) < 4.78 is 0. The summed E-state index contributed by atoms with van der Waals surface area (Å²) in [6, 6.07) is 9.74. The normalized spacial score (nSPS) is 14.2. The summed E-state index contributed by atoms with van der Waals surface area (Å²) in [5, 5.41) is 10.5. The van der Waals surface area contributed by atoms with Crippen molar-refractivity contribution in [1.82, 2.24) is 0 Å². The Kier molecular flexibility index (Phi) is 4.32. The van der Waals surface area contributed by atoms with E-state index in [1.807, 2.05) is 36.4 Å². The number of rotatable bonds is 6. The van der Waals surface area contributed by atoms with Gasteiger partial charge in [-0.3, -0.25) is 0 Å². The van der Waals surface area contributed by atoms with Gasteiger partial charge in [0.1, 0.15) is 0 Å². The molecule has 0 radical (unpaired) electrons. The first-order valence-electron chi connectivity index (χ1n) is 5.22. The molecule has 0 heterocycles. The fraction of sp³-hybridized carbons (Fsp3) is 0.286. The predicted molar refractivity (Wildman–Crippen MR) is 64.6 cm³/mol. The summed E-state index contributed by atoms with van der Waals surface area (Å²) in [7, 11) is 0. The van der Waals surface area contributed by atoms with Crippen LogP contribution in [-0.2, 0) is 5.60 Å². The molecule has 0 fully saturated rings. The molecule has 1 N–H and O–H groups in total. The molecule has 0 aliphatic carbocycles. The SMILES string of the molecule is C=CCCC(O)(CC=C)c1ccccc1. The van der Waals surface area contributed by atoms with Crippen molar-refractivity contribution in [2.24, 2.45) is 0 Å². The van der Waals surface area contributed by atoms with Crippen molar-refractivity contribution in [2.45, 2.75) is 24.9 Å². The van der Waals surface area contributed by atoms with Crippen molar-refractivity contribution in [3.63, 3.8) is 0 Å². The van der Waals surface area contributed by atoms with E-state index in [2.05, 4.69) is 13.2 Å². The quantitative estimate of drug-likeness (QED) is 0.701. The van der Waals surface area contributed by atoms with Crippen molar-refractivity contribution in [1.29, 1.82) is 0 Å². The minimum absolute atomic E-state index is 0.574. The van der Waals surface area contributed by atoms with Gasteiger partial charge >= 0.3 is 0 Å². The summed E-state index contributed by atoms with van der Waals surface area (Å²) >= 11 is 0. The van der Waals surface area contributed by atoms with Crippen LogP contribution in [0.3, 0.4) is 0 Å². The van der Waals surface area contributed by atoms with Gasteiger partial charge in [0.05, 0.1) is 5.60 Å². The van der Waals surface area contributed by atoms with Crippen LogP contribution < -0.4 is 0 Å². The van der Waals surface area contributed by atoms with Crippen molar-refractivity contribution in [3.8, 4) is 0 Å². The molecule has 0 saturated heterocycles. The largest absolute Gasteiger partial charge is 0.385 e. The third-order valence-corrected chi connectivity index (χ3v) is 2.56. The van der Waals surface area contributed by atoms with E-state index in [-0.39, 0.29) is 0 Å². The van der Waals surface area contributed by atoms with Gasteiger partial charge in [-0.1, -0.05) is 42.5 Å². The molecule has 0 bridgehead atoms. The molecule has 1 rings (SSSR count). The Balaban J connectivity index is 2.89. The number of hydrogen-bond donors (Lipinski definition) is 1. The van der Waals surface area contributed by atoms with Crippen molar-refractivity contribution in [3.05, 3.63) is 61.2 Å². The highest BCUT2D eigenvalue weighted by atomic mass is 16.3. The second-order valence-electron chi connectivity index (χ2n) is 3.72. The van der Waals surface area contributed by atoms with Crippen LogP contribution in [-0.4, -0.2) is 5.11 Å². The first-order chi connectivity index (χ1) is 7.23. The zero-order valence-corrected chi connectivity index (χ0v) is 9.02. The Morgan fingerprint density at radius 1 is 1.13 bits per heavy atom. The van der Waals surface area contributed by atoms with Gasteiger partial charge in [0.2, 0.25) is 0 Å². The van der Waals surface area contributed by atoms with Crippen molar-refractivity contribution < 1.29 is 5.11 Å². The Labute approximate surface area is 91.8 Å². The summed E-state index contributed by atoms with van der Waals surface area (Å²) in [5.41, 5.74) is 0.156. The van der Waals surface area contributed by atoms with Crippen LogP contribution in [0.25, 0.3) is 0 Å². The molecule has 0 aliphatic heterocycles. The number of hydrogen-bond acceptors (Lipinski definition) is 1. The lowest BCUT2D eigenvalue weighted by Crippen LogP contribution is -2.24. The highest BCUT2D eigenvalue weighted by molar-refractivity contribution is 5.23. The molecule has 1 heteroatoms. The summed E-state index contributed by atoms with van der Waals surface area (Å²) in [6.07, 6.45) is 5.66. The lowest BCUT2D eigenvalue weighted by Gasteiger charge is -2.27. The molecule has 0 aromatic heterocycles. The summed E-state index contributed by atoms with van der Waals surface area (Å²) in [6.45, 7) is 7.37. The molecule has 1 aromatic carbocycles. The van der Waals surface area contributed by atoms with Gasteiger partial charge in [0.15, 0.2) is 0 Å². The molecule has 1 unspecified atom stereocenters. The highest BCUT2D eigenvalue weighted by Gasteiger charge is 2.26. The Morgan fingerprint density at radius 2 is 1.80 bits per heavy atom. The van der Waals surface area contributed by atoms with Crippen LogP contribution in [0.15, 0.2) is 55.6 Å². The van der Waals surface area contributed by atoms with Gasteiger partial charge in [-0.15, -0.1) is 13.2 Å². The lowest BCUT2D eigenvalue weighted by molar-refractivity contribution is 0.0315. The second kappa shape index (κ2) is 5.52. The fourth-order valence-electron chi connectivity index (χ4n) is 1.69. The summed E-state index contributed by atoms with van der Waals surface area (Å²) in [5.74, 6) is 0.